The summed E-state index contributed by atoms with van der Waals surface area (Å²) in [6, 6.07) is 21.9. The number of nitrogens with zero attached hydrogens (tertiary/aromatic N) is 2. The van der Waals surface area contributed by atoms with Crippen LogP contribution in [0, 0.1) is 12.5 Å². The Balaban J connectivity index is 0.00000225. The number of hydrogen-bond donors (Lipinski definition) is 1. The summed E-state index contributed by atoms with van der Waals surface area (Å²) in [4.78, 5) is 19.7. The zero-order valence-electron chi connectivity index (χ0n) is 13.3. The van der Waals surface area contributed by atoms with Gasteiger partial charge in [-0.2, -0.15) is 0 Å². The Morgan fingerprint density at radius 2 is 1.68 bits per heavy atom. The molecule has 5 heteroatoms. The number of carbonyl (C=O) groups is 1. The van der Waals surface area contributed by atoms with Crippen LogP contribution in [0.3, 0.4) is 0 Å². The number of benzene rings is 1. The molecule has 0 fully saturated rings. The number of carboxylic acids is 1. The Bertz CT molecular complexity index is 838. The molecular formula is C20H16N2O2Rh-. The molecule has 0 saturated carbocycles. The first kappa shape index (κ1) is 18.9. The van der Waals surface area contributed by atoms with E-state index in [1.165, 1.54) is 6.07 Å². The van der Waals surface area contributed by atoms with E-state index in [1.807, 2.05) is 48.5 Å². The minimum Gasteiger partial charge on any atom is -0.477 e. The van der Waals surface area contributed by atoms with E-state index in [9.17, 15) is 4.79 Å². The van der Waals surface area contributed by atoms with Gasteiger partial charge in [-0.15, -0.1) is 35.9 Å². The van der Waals surface area contributed by atoms with E-state index in [4.69, 9.17) is 5.11 Å². The zero-order valence-corrected chi connectivity index (χ0v) is 15.0. The van der Waals surface area contributed by atoms with E-state index in [2.05, 4.69) is 22.5 Å². The summed E-state index contributed by atoms with van der Waals surface area (Å²) in [5.74, 6) is -1.01. The Hall–Kier alpha value is -2.39. The third kappa shape index (κ3) is 5.30. The maximum Gasteiger partial charge on any atom is 0.354 e. The molecular weight excluding hydrogens is 403 g/mol. The molecule has 0 aliphatic heterocycles. The molecule has 2 aromatic heterocycles. The quantitative estimate of drug-likeness (QED) is 0.490. The summed E-state index contributed by atoms with van der Waals surface area (Å²) in [7, 11) is 0. The van der Waals surface area contributed by atoms with Crippen LogP contribution in [0.2, 0.25) is 0 Å². The molecule has 3 rings (SSSR count). The van der Waals surface area contributed by atoms with Crippen LogP contribution in [0.4, 0.5) is 0 Å². The van der Waals surface area contributed by atoms with Crippen molar-refractivity contribution >= 4 is 5.97 Å². The van der Waals surface area contributed by atoms with E-state index in [1.54, 1.807) is 6.07 Å². The largest absolute Gasteiger partial charge is 0.477 e. The maximum atomic E-state index is 10.9. The van der Waals surface area contributed by atoms with Crippen molar-refractivity contribution in [2.75, 3.05) is 0 Å². The molecule has 0 atom stereocenters. The number of pyridine rings is 2. The van der Waals surface area contributed by atoms with Gasteiger partial charge in [0.05, 0.1) is 0 Å². The number of aromatic carboxylic acids is 1. The molecule has 128 valence electrons. The summed E-state index contributed by atoms with van der Waals surface area (Å²) in [6.45, 7) is 0. The van der Waals surface area contributed by atoms with Gasteiger partial charge in [0.1, 0.15) is 5.69 Å². The SMILES string of the molecule is O=C(O)c1cccc(C[CH]Cc2cccc(-c3[c-]cccc3)n2)n1.[Rh]. The molecule has 0 spiro atoms. The van der Waals surface area contributed by atoms with Crippen LogP contribution < -0.4 is 0 Å². The van der Waals surface area contributed by atoms with Crippen molar-refractivity contribution in [3.05, 3.63) is 90.2 Å². The summed E-state index contributed by atoms with van der Waals surface area (Å²) in [5, 5.41) is 8.97. The third-order valence-electron chi connectivity index (χ3n) is 3.52. The van der Waals surface area contributed by atoms with Gasteiger partial charge in [-0.05, 0) is 43.2 Å². The fourth-order valence-electron chi connectivity index (χ4n) is 2.38. The van der Waals surface area contributed by atoms with Crippen molar-refractivity contribution in [3.8, 4) is 11.3 Å². The molecule has 1 N–H and O–H groups in total. The van der Waals surface area contributed by atoms with E-state index >= 15 is 0 Å². The van der Waals surface area contributed by atoms with Crippen molar-refractivity contribution in [2.24, 2.45) is 0 Å². The Morgan fingerprint density at radius 1 is 0.960 bits per heavy atom. The summed E-state index contributed by atoms with van der Waals surface area (Å²) >= 11 is 0. The summed E-state index contributed by atoms with van der Waals surface area (Å²) in [6.07, 6.45) is 3.35. The van der Waals surface area contributed by atoms with E-state index in [0.29, 0.717) is 12.8 Å². The van der Waals surface area contributed by atoms with Gasteiger partial charge in [0.25, 0.3) is 0 Å². The second-order valence-corrected chi connectivity index (χ2v) is 5.31. The van der Waals surface area contributed by atoms with Gasteiger partial charge >= 0.3 is 5.97 Å². The van der Waals surface area contributed by atoms with E-state index in [0.717, 1.165) is 22.6 Å². The predicted molar refractivity (Wildman–Crippen MR) is 91.4 cm³/mol. The molecule has 0 bridgehead atoms. The van der Waals surface area contributed by atoms with Gasteiger partial charge < -0.3 is 10.1 Å². The topological polar surface area (TPSA) is 63.1 Å². The Kier molecular flexibility index (Phi) is 6.96. The minimum atomic E-state index is -1.01. The average Bonchev–Trinajstić information content (AvgIpc) is 2.63. The number of rotatable bonds is 6. The van der Waals surface area contributed by atoms with Crippen LogP contribution in [0.1, 0.15) is 21.9 Å². The van der Waals surface area contributed by atoms with Gasteiger partial charge in [-0.25, -0.2) is 9.78 Å². The molecule has 0 unspecified atom stereocenters. The minimum absolute atomic E-state index is 0. The van der Waals surface area contributed by atoms with Gasteiger partial charge in [-0.1, -0.05) is 18.2 Å². The average molecular weight is 419 g/mol. The fraction of sp³-hybridized carbons (Fsp3) is 0.100. The summed E-state index contributed by atoms with van der Waals surface area (Å²) < 4.78 is 0. The predicted octanol–water partition coefficient (Wildman–Crippen LogP) is 3.63. The molecule has 2 radical (unpaired) electrons. The van der Waals surface area contributed by atoms with Crippen molar-refractivity contribution in [3.63, 3.8) is 0 Å². The van der Waals surface area contributed by atoms with Gasteiger partial charge in [0, 0.05) is 30.9 Å². The summed E-state index contributed by atoms with van der Waals surface area (Å²) in [5.41, 5.74) is 3.63. The van der Waals surface area contributed by atoms with Crippen LogP contribution in [0.25, 0.3) is 11.3 Å². The molecule has 0 saturated heterocycles. The number of aromatic nitrogens is 2. The Morgan fingerprint density at radius 3 is 2.36 bits per heavy atom. The second-order valence-electron chi connectivity index (χ2n) is 5.31. The molecule has 3 aromatic rings. The van der Waals surface area contributed by atoms with Crippen molar-refractivity contribution < 1.29 is 29.4 Å². The van der Waals surface area contributed by atoms with Crippen LogP contribution in [0.5, 0.6) is 0 Å². The molecule has 4 nitrogen and oxygen atoms in total. The molecule has 0 aliphatic carbocycles. The standard InChI is InChI=1S/C20H16N2O2.Rh/c23-20(24)19-14-6-12-17(22-19)10-4-9-16-11-5-13-18(21-16)15-7-2-1-3-8-15;/h1-7,11-14H,9-10H2,(H,23,24);/q-1;. The maximum absolute atomic E-state index is 10.9. The monoisotopic (exact) mass is 419 g/mol. The fourth-order valence-corrected chi connectivity index (χ4v) is 2.38. The number of hydrogen-bond acceptors (Lipinski definition) is 3. The van der Waals surface area contributed by atoms with Crippen molar-refractivity contribution in [1.29, 1.82) is 0 Å². The van der Waals surface area contributed by atoms with E-state index < -0.39 is 5.97 Å². The van der Waals surface area contributed by atoms with Crippen LogP contribution in [-0.2, 0) is 32.3 Å². The first-order valence-corrected chi connectivity index (χ1v) is 7.66. The first-order valence-electron chi connectivity index (χ1n) is 7.66. The van der Waals surface area contributed by atoms with Gasteiger partial charge in [-0.3, -0.25) is 0 Å². The molecule has 25 heavy (non-hydrogen) atoms. The van der Waals surface area contributed by atoms with Gasteiger partial charge in [0.2, 0.25) is 0 Å². The van der Waals surface area contributed by atoms with Crippen molar-refractivity contribution in [2.45, 2.75) is 12.8 Å². The first-order chi connectivity index (χ1) is 11.7. The number of carboxylic acid groups (broad SMARTS) is 1. The zero-order chi connectivity index (χ0) is 16.8. The van der Waals surface area contributed by atoms with Crippen molar-refractivity contribution in [1.82, 2.24) is 9.97 Å². The normalized spacial score (nSPS) is 10.1. The van der Waals surface area contributed by atoms with Crippen LogP contribution >= 0.6 is 0 Å². The molecule has 2 heterocycles. The van der Waals surface area contributed by atoms with Crippen LogP contribution in [-0.4, -0.2) is 21.0 Å². The third-order valence-corrected chi connectivity index (χ3v) is 3.52. The van der Waals surface area contributed by atoms with Crippen LogP contribution in [0.15, 0.2) is 60.7 Å². The van der Waals surface area contributed by atoms with E-state index in [-0.39, 0.29) is 25.2 Å². The second kappa shape index (κ2) is 9.19. The molecule has 0 aliphatic rings. The van der Waals surface area contributed by atoms with Gasteiger partial charge in [0.15, 0.2) is 0 Å². The molecule has 0 amide bonds. The smallest absolute Gasteiger partial charge is 0.354 e. The molecule has 1 aromatic carbocycles. The Labute approximate surface area is 159 Å².